The van der Waals surface area contributed by atoms with Gasteiger partial charge in [-0.25, -0.2) is 4.98 Å². The van der Waals surface area contributed by atoms with E-state index in [1.807, 2.05) is 12.1 Å². The largest absolute Gasteiger partial charge is 0.367 e. The molecule has 2 aromatic rings. The van der Waals surface area contributed by atoms with Crippen LogP contribution in [0.25, 0.3) is 11.5 Å². The zero-order valence-electron chi connectivity index (χ0n) is 10.9. The Morgan fingerprint density at radius 3 is 2.79 bits per heavy atom. The summed E-state index contributed by atoms with van der Waals surface area (Å²) in [4.78, 5) is 8.58. The van der Waals surface area contributed by atoms with Crippen molar-refractivity contribution in [1.82, 2.24) is 20.4 Å². The lowest BCUT2D eigenvalue weighted by molar-refractivity contribution is 0.425. The molecule has 2 N–H and O–H groups in total. The molecule has 0 bridgehead atoms. The standard InChI is InChI=1S/C13H17N5O/c1-9-16-13(19-18-9)10-2-3-12(15-8-10)17-11-4-6-14-7-5-11/h2-3,8,11,14H,4-7H2,1H3,(H,15,17). The predicted octanol–water partition coefficient (Wildman–Crippen LogP) is 1.60. The van der Waals surface area contributed by atoms with Crippen LogP contribution in [0.5, 0.6) is 0 Å². The van der Waals surface area contributed by atoms with Gasteiger partial charge in [0.15, 0.2) is 5.82 Å². The van der Waals surface area contributed by atoms with E-state index in [0.29, 0.717) is 17.8 Å². The molecule has 6 heteroatoms. The number of aryl methyl sites for hydroxylation is 1. The lowest BCUT2D eigenvalue weighted by atomic mass is 10.1. The van der Waals surface area contributed by atoms with Crippen molar-refractivity contribution in [3.63, 3.8) is 0 Å². The first kappa shape index (κ1) is 12.1. The van der Waals surface area contributed by atoms with Gasteiger partial charge in [0.05, 0.1) is 5.56 Å². The van der Waals surface area contributed by atoms with Crippen LogP contribution in [0.4, 0.5) is 5.82 Å². The number of aromatic nitrogens is 3. The van der Waals surface area contributed by atoms with E-state index in [-0.39, 0.29) is 0 Å². The maximum Gasteiger partial charge on any atom is 0.259 e. The number of pyridine rings is 1. The minimum atomic E-state index is 0.505. The molecule has 0 atom stereocenters. The fraction of sp³-hybridized carbons (Fsp3) is 0.462. The average Bonchev–Trinajstić information content (AvgIpc) is 2.87. The molecule has 0 aliphatic carbocycles. The van der Waals surface area contributed by atoms with Crippen LogP contribution in [0.15, 0.2) is 22.9 Å². The Morgan fingerprint density at radius 1 is 1.32 bits per heavy atom. The molecule has 1 fully saturated rings. The van der Waals surface area contributed by atoms with E-state index in [9.17, 15) is 0 Å². The molecular formula is C13H17N5O. The summed E-state index contributed by atoms with van der Waals surface area (Å²) < 4.78 is 5.11. The van der Waals surface area contributed by atoms with Crippen molar-refractivity contribution >= 4 is 5.82 Å². The van der Waals surface area contributed by atoms with Gasteiger partial charge in [-0.3, -0.25) is 0 Å². The molecular weight excluding hydrogens is 242 g/mol. The average molecular weight is 259 g/mol. The summed E-state index contributed by atoms with van der Waals surface area (Å²) in [6, 6.07) is 4.41. The van der Waals surface area contributed by atoms with Crippen molar-refractivity contribution in [2.24, 2.45) is 0 Å². The molecule has 0 saturated carbocycles. The zero-order valence-corrected chi connectivity index (χ0v) is 10.9. The smallest absolute Gasteiger partial charge is 0.259 e. The summed E-state index contributed by atoms with van der Waals surface area (Å²) in [5, 5.41) is 10.6. The van der Waals surface area contributed by atoms with Gasteiger partial charge >= 0.3 is 0 Å². The predicted molar refractivity (Wildman–Crippen MR) is 71.8 cm³/mol. The second kappa shape index (κ2) is 5.36. The minimum Gasteiger partial charge on any atom is -0.367 e. The van der Waals surface area contributed by atoms with Gasteiger partial charge in [-0.2, -0.15) is 4.98 Å². The van der Waals surface area contributed by atoms with Crippen LogP contribution >= 0.6 is 0 Å². The number of rotatable bonds is 3. The van der Waals surface area contributed by atoms with Crippen molar-refractivity contribution in [2.45, 2.75) is 25.8 Å². The third-order valence-electron chi connectivity index (χ3n) is 3.23. The highest BCUT2D eigenvalue weighted by molar-refractivity contribution is 5.54. The Morgan fingerprint density at radius 2 is 2.16 bits per heavy atom. The van der Waals surface area contributed by atoms with Gasteiger partial charge in [0.1, 0.15) is 5.82 Å². The molecule has 3 rings (SSSR count). The molecule has 0 aromatic carbocycles. The number of anilines is 1. The zero-order chi connectivity index (χ0) is 13.1. The third-order valence-corrected chi connectivity index (χ3v) is 3.23. The normalized spacial score (nSPS) is 16.5. The molecule has 1 aliphatic heterocycles. The van der Waals surface area contributed by atoms with Crippen LogP contribution in [0, 0.1) is 6.92 Å². The van der Waals surface area contributed by atoms with Crippen molar-refractivity contribution in [3.05, 3.63) is 24.2 Å². The van der Waals surface area contributed by atoms with E-state index in [0.717, 1.165) is 37.3 Å². The van der Waals surface area contributed by atoms with Gasteiger partial charge in [-0.15, -0.1) is 0 Å². The van der Waals surface area contributed by atoms with Crippen molar-refractivity contribution < 1.29 is 4.52 Å². The summed E-state index contributed by atoms with van der Waals surface area (Å²) in [5.74, 6) is 2.04. The molecule has 0 spiro atoms. The fourth-order valence-corrected chi connectivity index (χ4v) is 2.20. The van der Waals surface area contributed by atoms with Crippen molar-refractivity contribution in [2.75, 3.05) is 18.4 Å². The second-order valence-corrected chi connectivity index (χ2v) is 4.75. The summed E-state index contributed by atoms with van der Waals surface area (Å²) >= 11 is 0. The Labute approximate surface area is 111 Å². The summed E-state index contributed by atoms with van der Waals surface area (Å²) in [7, 11) is 0. The van der Waals surface area contributed by atoms with Gasteiger partial charge in [-0.05, 0) is 45.0 Å². The Bertz CT molecular complexity index is 530. The maximum absolute atomic E-state index is 5.11. The van der Waals surface area contributed by atoms with Crippen LogP contribution in [0.3, 0.4) is 0 Å². The highest BCUT2D eigenvalue weighted by Crippen LogP contribution is 2.18. The van der Waals surface area contributed by atoms with E-state index in [2.05, 4.69) is 25.8 Å². The molecule has 1 saturated heterocycles. The number of hydrogen-bond acceptors (Lipinski definition) is 6. The molecule has 19 heavy (non-hydrogen) atoms. The van der Waals surface area contributed by atoms with Crippen LogP contribution in [-0.4, -0.2) is 34.3 Å². The van der Waals surface area contributed by atoms with Crippen LogP contribution in [-0.2, 0) is 0 Å². The topological polar surface area (TPSA) is 75.9 Å². The Kier molecular flexibility index (Phi) is 3.41. The van der Waals surface area contributed by atoms with Gasteiger partial charge in [-0.1, -0.05) is 5.16 Å². The van der Waals surface area contributed by atoms with E-state index in [1.165, 1.54) is 0 Å². The SMILES string of the molecule is Cc1noc(-c2ccc(NC3CCNCC3)nc2)n1. The Balaban J connectivity index is 1.68. The number of nitrogens with zero attached hydrogens (tertiary/aromatic N) is 3. The minimum absolute atomic E-state index is 0.505. The van der Waals surface area contributed by atoms with E-state index < -0.39 is 0 Å². The second-order valence-electron chi connectivity index (χ2n) is 4.75. The molecule has 100 valence electrons. The quantitative estimate of drug-likeness (QED) is 0.872. The van der Waals surface area contributed by atoms with Crippen molar-refractivity contribution in [3.8, 4) is 11.5 Å². The Hall–Kier alpha value is -1.95. The number of hydrogen-bond donors (Lipinski definition) is 2. The highest BCUT2D eigenvalue weighted by atomic mass is 16.5. The van der Waals surface area contributed by atoms with E-state index in [1.54, 1.807) is 13.1 Å². The molecule has 1 aliphatic rings. The maximum atomic E-state index is 5.11. The van der Waals surface area contributed by atoms with Gasteiger partial charge in [0, 0.05) is 12.2 Å². The van der Waals surface area contributed by atoms with Gasteiger partial charge < -0.3 is 15.2 Å². The van der Waals surface area contributed by atoms with Crippen molar-refractivity contribution in [1.29, 1.82) is 0 Å². The lowest BCUT2D eigenvalue weighted by Crippen LogP contribution is -2.35. The van der Waals surface area contributed by atoms with Crippen LogP contribution < -0.4 is 10.6 Å². The molecule has 2 aromatic heterocycles. The summed E-state index contributed by atoms with van der Waals surface area (Å²) in [6.07, 6.45) is 4.02. The van der Waals surface area contributed by atoms with Gasteiger partial charge in [0.2, 0.25) is 0 Å². The first-order valence-electron chi connectivity index (χ1n) is 6.55. The van der Waals surface area contributed by atoms with E-state index >= 15 is 0 Å². The van der Waals surface area contributed by atoms with Crippen LogP contribution in [0.2, 0.25) is 0 Å². The first-order valence-corrected chi connectivity index (χ1v) is 6.55. The molecule has 0 radical (unpaired) electrons. The third kappa shape index (κ3) is 2.90. The fourth-order valence-electron chi connectivity index (χ4n) is 2.20. The molecule has 6 nitrogen and oxygen atoms in total. The monoisotopic (exact) mass is 259 g/mol. The lowest BCUT2D eigenvalue weighted by Gasteiger charge is -2.24. The van der Waals surface area contributed by atoms with E-state index in [4.69, 9.17) is 4.52 Å². The van der Waals surface area contributed by atoms with Crippen LogP contribution in [0.1, 0.15) is 18.7 Å². The molecule has 3 heterocycles. The summed E-state index contributed by atoms with van der Waals surface area (Å²) in [6.45, 7) is 3.93. The molecule has 0 amide bonds. The highest BCUT2D eigenvalue weighted by Gasteiger charge is 2.13. The summed E-state index contributed by atoms with van der Waals surface area (Å²) in [5.41, 5.74) is 0.844. The number of nitrogens with one attached hydrogen (secondary N) is 2. The number of piperidine rings is 1. The van der Waals surface area contributed by atoms with Gasteiger partial charge in [0.25, 0.3) is 5.89 Å². The molecule has 0 unspecified atom stereocenters. The first-order chi connectivity index (χ1) is 9.31.